The lowest BCUT2D eigenvalue weighted by atomic mass is 10.1. The van der Waals surface area contributed by atoms with Gasteiger partial charge in [0.1, 0.15) is 5.82 Å². The third kappa shape index (κ3) is 2.34. The standard InChI is InChI=1S/C12H11BrFNS/c1-15-7-8-2-3-9(11(14)6-8)12-10(13)4-5-16-12/h2-6,15H,7H2,1H3. The molecule has 1 aromatic heterocycles. The highest BCUT2D eigenvalue weighted by Gasteiger charge is 2.10. The van der Waals surface area contributed by atoms with E-state index in [2.05, 4.69) is 21.2 Å². The van der Waals surface area contributed by atoms with Crippen molar-refractivity contribution in [3.05, 3.63) is 45.5 Å². The van der Waals surface area contributed by atoms with Gasteiger partial charge in [-0.2, -0.15) is 0 Å². The molecular formula is C12H11BrFNS. The zero-order chi connectivity index (χ0) is 11.5. The Morgan fingerprint density at radius 2 is 2.19 bits per heavy atom. The fourth-order valence-electron chi connectivity index (χ4n) is 1.54. The normalized spacial score (nSPS) is 10.7. The molecule has 0 saturated carbocycles. The molecule has 0 atom stereocenters. The van der Waals surface area contributed by atoms with Crippen molar-refractivity contribution < 1.29 is 4.39 Å². The summed E-state index contributed by atoms with van der Waals surface area (Å²) in [5.74, 6) is -0.170. The van der Waals surface area contributed by atoms with E-state index < -0.39 is 0 Å². The van der Waals surface area contributed by atoms with Crippen LogP contribution in [0.15, 0.2) is 34.1 Å². The number of benzene rings is 1. The second-order valence-electron chi connectivity index (χ2n) is 3.44. The molecule has 1 heterocycles. The largest absolute Gasteiger partial charge is 0.316 e. The van der Waals surface area contributed by atoms with E-state index in [0.717, 1.165) is 14.9 Å². The van der Waals surface area contributed by atoms with Crippen LogP contribution in [-0.4, -0.2) is 7.05 Å². The summed E-state index contributed by atoms with van der Waals surface area (Å²) in [5.41, 5.74) is 1.61. The first-order valence-corrected chi connectivity index (χ1v) is 6.56. The van der Waals surface area contributed by atoms with Gasteiger partial charge < -0.3 is 5.32 Å². The highest BCUT2D eigenvalue weighted by Crippen LogP contribution is 2.35. The van der Waals surface area contributed by atoms with E-state index in [1.54, 1.807) is 6.07 Å². The van der Waals surface area contributed by atoms with Crippen LogP contribution in [0.2, 0.25) is 0 Å². The van der Waals surface area contributed by atoms with Crippen LogP contribution in [0.4, 0.5) is 4.39 Å². The molecule has 0 spiro atoms. The molecule has 0 unspecified atom stereocenters. The van der Waals surface area contributed by atoms with E-state index in [1.807, 2.05) is 30.6 Å². The summed E-state index contributed by atoms with van der Waals surface area (Å²) in [6.07, 6.45) is 0. The molecule has 0 fully saturated rings. The van der Waals surface area contributed by atoms with Crippen molar-refractivity contribution in [1.29, 1.82) is 0 Å². The van der Waals surface area contributed by atoms with Crippen molar-refractivity contribution in [1.82, 2.24) is 5.32 Å². The van der Waals surface area contributed by atoms with Crippen molar-refractivity contribution in [2.75, 3.05) is 7.05 Å². The van der Waals surface area contributed by atoms with Crippen molar-refractivity contribution in [2.24, 2.45) is 0 Å². The van der Waals surface area contributed by atoms with Crippen LogP contribution >= 0.6 is 27.3 Å². The SMILES string of the molecule is CNCc1ccc(-c2sccc2Br)c(F)c1. The maximum Gasteiger partial charge on any atom is 0.132 e. The van der Waals surface area contributed by atoms with Crippen LogP contribution < -0.4 is 5.32 Å². The molecule has 1 nitrogen and oxygen atoms in total. The minimum absolute atomic E-state index is 0.170. The third-order valence-corrected chi connectivity index (χ3v) is 4.15. The topological polar surface area (TPSA) is 12.0 Å². The van der Waals surface area contributed by atoms with Gasteiger partial charge in [-0.1, -0.05) is 12.1 Å². The maximum absolute atomic E-state index is 13.9. The predicted molar refractivity (Wildman–Crippen MR) is 70.2 cm³/mol. The second kappa shape index (κ2) is 5.08. The van der Waals surface area contributed by atoms with Crippen molar-refractivity contribution in [3.8, 4) is 10.4 Å². The maximum atomic E-state index is 13.9. The smallest absolute Gasteiger partial charge is 0.132 e. The highest BCUT2D eigenvalue weighted by atomic mass is 79.9. The number of halogens is 2. The average molecular weight is 300 g/mol. The van der Waals surface area contributed by atoms with Gasteiger partial charge in [-0.25, -0.2) is 4.39 Å². The Labute approximate surface area is 106 Å². The Morgan fingerprint density at radius 1 is 1.38 bits per heavy atom. The van der Waals surface area contributed by atoms with Gasteiger partial charge in [-0.05, 0) is 46.1 Å². The zero-order valence-corrected chi connectivity index (χ0v) is 11.2. The third-order valence-electron chi connectivity index (χ3n) is 2.28. The molecule has 0 aliphatic heterocycles. The number of nitrogens with one attached hydrogen (secondary N) is 1. The molecular weight excluding hydrogens is 289 g/mol. The Kier molecular flexibility index (Phi) is 3.74. The summed E-state index contributed by atoms with van der Waals surface area (Å²) in [6.45, 7) is 0.683. The Balaban J connectivity index is 2.40. The van der Waals surface area contributed by atoms with Crippen LogP contribution in [0.3, 0.4) is 0 Å². The molecule has 16 heavy (non-hydrogen) atoms. The van der Waals surface area contributed by atoms with Gasteiger partial charge in [-0.3, -0.25) is 0 Å². The molecule has 0 bridgehead atoms. The highest BCUT2D eigenvalue weighted by molar-refractivity contribution is 9.10. The van der Waals surface area contributed by atoms with Crippen LogP contribution in [-0.2, 0) is 6.54 Å². The van der Waals surface area contributed by atoms with E-state index in [0.29, 0.717) is 12.1 Å². The first kappa shape index (κ1) is 11.8. The van der Waals surface area contributed by atoms with Gasteiger partial charge in [0.2, 0.25) is 0 Å². The number of thiophene rings is 1. The molecule has 0 radical (unpaired) electrons. The van der Waals surface area contributed by atoms with Gasteiger partial charge in [0, 0.05) is 16.6 Å². The van der Waals surface area contributed by atoms with Crippen LogP contribution in [0, 0.1) is 5.82 Å². The second-order valence-corrected chi connectivity index (χ2v) is 5.21. The summed E-state index contributed by atoms with van der Waals surface area (Å²) >= 11 is 4.95. The zero-order valence-electron chi connectivity index (χ0n) is 8.76. The Hall–Kier alpha value is -0.710. The lowest BCUT2D eigenvalue weighted by Gasteiger charge is -2.05. The monoisotopic (exact) mass is 299 g/mol. The molecule has 0 aliphatic carbocycles. The fraction of sp³-hybridized carbons (Fsp3) is 0.167. The lowest BCUT2D eigenvalue weighted by molar-refractivity contribution is 0.627. The summed E-state index contributed by atoms with van der Waals surface area (Å²) < 4.78 is 14.8. The number of hydrogen-bond acceptors (Lipinski definition) is 2. The average Bonchev–Trinajstić information content (AvgIpc) is 2.65. The quantitative estimate of drug-likeness (QED) is 0.902. The molecule has 0 saturated heterocycles. The van der Waals surface area contributed by atoms with Gasteiger partial charge in [0.25, 0.3) is 0 Å². The molecule has 0 amide bonds. The van der Waals surface area contributed by atoms with Crippen molar-refractivity contribution in [3.63, 3.8) is 0 Å². The molecule has 2 rings (SSSR count). The molecule has 2 aromatic rings. The molecule has 1 aromatic carbocycles. The first-order valence-electron chi connectivity index (χ1n) is 4.88. The van der Waals surface area contributed by atoms with E-state index in [9.17, 15) is 4.39 Å². The van der Waals surface area contributed by atoms with E-state index in [1.165, 1.54) is 11.3 Å². The van der Waals surface area contributed by atoms with Crippen LogP contribution in [0.5, 0.6) is 0 Å². The fourth-order valence-corrected chi connectivity index (χ4v) is 3.16. The van der Waals surface area contributed by atoms with Crippen LogP contribution in [0.1, 0.15) is 5.56 Å². The predicted octanol–water partition coefficient (Wildman–Crippen LogP) is 4.04. The minimum atomic E-state index is -0.170. The Bertz CT molecular complexity index is 496. The summed E-state index contributed by atoms with van der Waals surface area (Å²) in [4.78, 5) is 0.938. The molecule has 4 heteroatoms. The number of hydrogen-bond donors (Lipinski definition) is 1. The minimum Gasteiger partial charge on any atom is -0.316 e. The Morgan fingerprint density at radius 3 is 2.75 bits per heavy atom. The molecule has 1 N–H and O–H groups in total. The molecule has 0 aliphatic rings. The van der Waals surface area contributed by atoms with E-state index in [-0.39, 0.29) is 5.82 Å². The van der Waals surface area contributed by atoms with Gasteiger partial charge in [0.05, 0.1) is 4.88 Å². The number of rotatable bonds is 3. The van der Waals surface area contributed by atoms with Gasteiger partial charge >= 0.3 is 0 Å². The first-order chi connectivity index (χ1) is 7.72. The molecule has 84 valence electrons. The summed E-state index contributed by atoms with van der Waals surface area (Å²) in [6, 6.07) is 7.29. The van der Waals surface area contributed by atoms with Gasteiger partial charge in [-0.15, -0.1) is 11.3 Å². The summed E-state index contributed by atoms with van der Waals surface area (Å²) in [7, 11) is 1.85. The van der Waals surface area contributed by atoms with E-state index >= 15 is 0 Å². The van der Waals surface area contributed by atoms with Crippen LogP contribution in [0.25, 0.3) is 10.4 Å². The van der Waals surface area contributed by atoms with Gasteiger partial charge in [0.15, 0.2) is 0 Å². The van der Waals surface area contributed by atoms with Crippen molar-refractivity contribution in [2.45, 2.75) is 6.54 Å². The summed E-state index contributed by atoms with van der Waals surface area (Å²) in [5, 5.41) is 4.95. The van der Waals surface area contributed by atoms with E-state index in [4.69, 9.17) is 0 Å². The lowest BCUT2D eigenvalue weighted by Crippen LogP contribution is -2.05. The van der Waals surface area contributed by atoms with Crippen molar-refractivity contribution >= 4 is 27.3 Å².